The minimum absolute atomic E-state index is 0.0225. The van der Waals surface area contributed by atoms with E-state index in [-0.39, 0.29) is 12.3 Å². The molecule has 0 saturated heterocycles. The number of hydrogen-bond donors (Lipinski definition) is 1. The standard InChI is InChI=1S/C18H19ClN2O2/c1-23-13-6-7-14(15(19)10-13)16(20)11-18(22)21-9-8-12-4-2-3-5-17(12)21/h2-7,10,16H,8-9,11,20H2,1H3. The SMILES string of the molecule is COc1ccc(C(N)CC(=O)N2CCc3ccccc32)c(Cl)c1. The zero-order chi connectivity index (χ0) is 16.4. The summed E-state index contributed by atoms with van der Waals surface area (Å²) in [4.78, 5) is 14.4. The first-order chi connectivity index (χ1) is 11.1. The summed E-state index contributed by atoms with van der Waals surface area (Å²) in [6.45, 7) is 0.710. The lowest BCUT2D eigenvalue weighted by Gasteiger charge is -2.20. The van der Waals surface area contributed by atoms with Gasteiger partial charge in [-0.1, -0.05) is 35.9 Å². The van der Waals surface area contributed by atoms with Gasteiger partial charge >= 0.3 is 0 Å². The van der Waals surface area contributed by atoms with E-state index in [1.54, 1.807) is 19.2 Å². The van der Waals surface area contributed by atoms with E-state index in [0.717, 1.165) is 17.7 Å². The van der Waals surface area contributed by atoms with Crippen molar-refractivity contribution in [2.75, 3.05) is 18.6 Å². The summed E-state index contributed by atoms with van der Waals surface area (Å²) in [7, 11) is 1.58. The Bertz CT molecular complexity index is 733. The second kappa shape index (κ2) is 6.60. The first-order valence-electron chi connectivity index (χ1n) is 7.57. The highest BCUT2D eigenvalue weighted by Gasteiger charge is 2.26. The number of anilines is 1. The van der Waals surface area contributed by atoms with E-state index in [1.807, 2.05) is 29.2 Å². The molecule has 1 aliphatic rings. The van der Waals surface area contributed by atoms with E-state index >= 15 is 0 Å². The molecule has 2 aromatic carbocycles. The lowest BCUT2D eigenvalue weighted by molar-refractivity contribution is -0.118. The maximum Gasteiger partial charge on any atom is 0.228 e. The normalized spacial score (nSPS) is 14.5. The summed E-state index contributed by atoms with van der Waals surface area (Å²) in [5, 5.41) is 0.520. The van der Waals surface area contributed by atoms with E-state index in [1.165, 1.54) is 5.56 Å². The first-order valence-corrected chi connectivity index (χ1v) is 7.95. The minimum atomic E-state index is -0.436. The molecule has 1 atom stereocenters. The van der Waals surface area contributed by atoms with E-state index in [9.17, 15) is 4.79 Å². The number of fused-ring (bicyclic) bond motifs is 1. The largest absolute Gasteiger partial charge is 0.497 e. The van der Waals surface area contributed by atoms with E-state index in [2.05, 4.69) is 6.07 Å². The Morgan fingerprint density at radius 3 is 2.87 bits per heavy atom. The van der Waals surface area contributed by atoms with Crippen molar-refractivity contribution < 1.29 is 9.53 Å². The van der Waals surface area contributed by atoms with Gasteiger partial charge in [0, 0.05) is 29.7 Å². The third-order valence-corrected chi connectivity index (χ3v) is 4.52. The van der Waals surface area contributed by atoms with E-state index in [4.69, 9.17) is 22.1 Å². The van der Waals surface area contributed by atoms with Crippen molar-refractivity contribution in [1.29, 1.82) is 0 Å². The van der Waals surface area contributed by atoms with Crippen LogP contribution in [0.3, 0.4) is 0 Å². The lowest BCUT2D eigenvalue weighted by Crippen LogP contribution is -2.31. The van der Waals surface area contributed by atoms with Crippen LogP contribution in [0.1, 0.15) is 23.6 Å². The number of hydrogen-bond acceptors (Lipinski definition) is 3. The summed E-state index contributed by atoms with van der Waals surface area (Å²) >= 11 is 6.24. The number of nitrogens with two attached hydrogens (primary N) is 1. The summed E-state index contributed by atoms with van der Waals surface area (Å²) in [6.07, 6.45) is 1.11. The van der Waals surface area contributed by atoms with E-state index in [0.29, 0.717) is 17.3 Å². The van der Waals surface area contributed by atoms with Crippen molar-refractivity contribution >= 4 is 23.2 Å². The van der Waals surface area contributed by atoms with Gasteiger partial charge < -0.3 is 15.4 Å². The highest BCUT2D eigenvalue weighted by molar-refractivity contribution is 6.31. The van der Waals surface area contributed by atoms with Gasteiger partial charge in [-0.2, -0.15) is 0 Å². The molecule has 3 rings (SSSR count). The van der Waals surface area contributed by atoms with Gasteiger partial charge in [-0.25, -0.2) is 0 Å². The van der Waals surface area contributed by atoms with Crippen LogP contribution in [0, 0.1) is 0 Å². The number of ether oxygens (including phenoxy) is 1. The maximum atomic E-state index is 12.6. The van der Waals surface area contributed by atoms with Gasteiger partial charge in [0.25, 0.3) is 0 Å². The van der Waals surface area contributed by atoms with E-state index < -0.39 is 6.04 Å². The Morgan fingerprint density at radius 2 is 2.13 bits per heavy atom. The Hall–Kier alpha value is -2.04. The molecule has 0 spiro atoms. The van der Waals surface area contributed by atoms with Gasteiger partial charge in [-0.3, -0.25) is 4.79 Å². The second-order valence-electron chi connectivity index (χ2n) is 5.62. The third kappa shape index (κ3) is 3.19. The summed E-state index contributed by atoms with van der Waals surface area (Å²) < 4.78 is 5.13. The van der Waals surface area contributed by atoms with Crippen molar-refractivity contribution in [3.8, 4) is 5.75 Å². The van der Waals surface area contributed by atoms with Crippen LogP contribution >= 0.6 is 11.6 Å². The molecule has 0 fully saturated rings. The molecule has 0 saturated carbocycles. The van der Waals surface area contributed by atoms with Crippen LogP contribution < -0.4 is 15.4 Å². The second-order valence-corrected chi connectivity index (χ2v) is 6.03. The van der Waals surface area contributed by atoms with Crippen LogP contribution in [0.25, 0.3) is 0 Å². The van der Waals surface area contributed by atoms with Crippen LogP contribution in [0.15, 0.2) is 42.5 Å². The molecule has 1 amide bonds. The number of amides is 1. The fourth-order valence-corrected chi connectivity index (χ4v) is 3.25. The zero-order valence-corrected chi connectivity index (χ0v) is 13.7. The first kappa shape index (κ1) is 15.8. The number of rotatable bonds is 4. The number of methoxy groups -OCH3 is 1. The number of carbonyl (C=O) groups is 1. The van der Waals surface area contributed by atoms with Crippen molar-refractivity contribution in [3.05, 3.63) is 58.6 Å². The Balaban J connectivity index is 1.73. The molecule has 1 heterocycles. The molecular formula is C18H19ClN2O2. The molecule has 0 radical (unpaired) electrons. The van der Waals surface area contributed by atoms with Crippen LogP contribution in [0.2, 0.25) is 5.02 Å². The van der Waals surface area contributed by atoms with Crippen LogP contribution in [-0.4, -0.2) is 19.6 Å². The number of para-hydroxylation sites is 1. The molecule has 0 aromatic heterocycles. The molecule has 2 N–H and O–H groups in total. The minimum Gasteiger partial charge on any atom is -0.497 e. The number of nitrogens with zero attached hydrogens (tertiary/aromatic N) is 1. The summed E-state index contributed by atoms with van der Waals surface area (Å²) in [6, 6.07) is 12.9. The molecule has 23 heavy (non-hydrogen) atoms. The topological polar surface area (TPSA) is 55.6 Å². The quantitative estimate of drug-likeness (QED) is 0.935. The molecule has 5 heteroatoms. The van der Waals surface area contributed by atoms with Crippen LogP contribution in [-0.2, 0) is 11.2 Å². The number of benzene rings is 2. The van der Waals surface area contributed by atoms with Gasteiger partial charge in [-0.05, 0) is 35.7 Å². The fourth-order valence-electron chi connectivity index (χ4n) is 2.94. The van der Waals surface area contributed by atoms with Gasteiger partial charge in [0.05, 0.1) is 7.11 Å². The maximum absolute atomic E-state index is 12.6. The van der Waals surface area contributed by atoms with Crippen molar-refractivity contribution in [3.63, 3.8) is 0 Å². The van der Waals surface area contributed by atoms with Crippen molar-refractivity contribution in [1.82, 2.24) is 0 Å². The molecule has 0 aliphatic carbocycles. The average molecular weight is 331 g/mol. The average Bonchev–Trinajstić information content (AvgIpc) is 2.98. The van der Waals surface area contributed by atoms with Crippen molar-refractivity contribution in [2.24, 2.45) is 5.73 Å². The molecule has 2 aromatic rings. The van der Waals surface area contributed by atoms with Gasteiger partial charge in [-0.15, -0.1) is 0 Å². The monoisotopic (exact) mass is 330 g/mol. The van der Waals surface area contributed by atoms with Gasteiger partial charge in [0.1, 0.15) is 5.75 Å². The Kier molecular flexibility index (Phi) is 4.55. The number of halogens is 1. The third-order valence-electron chi connectivity index (χ3n) is 4.19. The molecule has 0 bridgehead atoms. The highest BCUT2D eigenvalue weighted by Crippen LogP contribution is 2.31. The summed E-state index contributed by atoms with van der Waals surface area (Å²) in [5.41, 5.74) is 9.16. The Labute approximate surface area is 140 Å². The predicted octanol–water partition coefficient (Wildman–Crippen LogP) is 3.33. The molecule has 4 nitrogen and oxygen atoms in total. The zero-order valence-electron chi connectivity index (χ0n) is 13.0. The highest BCUT2D eigenvalue weighted by atomic mass is 35.5. The lowest BCUT2D eigenvalue weighted by atomic mass is 10.0. The van der Waals surface area contributed by atoms with Gasteiger partial charge in [0.2, 0.25) is 5.91 Å². The summed E-state index contributed by atoms with van der Waals surface area (Å²) in [5.74, 6) is 0.695. The molecule has 120 valence electrons. The Morgan fingerprint density at radius 1 is 1.35 bits per heavy atom. The molecule has 1 unspecified atom stereocenters. The molecule has 1 aliphatic heterocycles. The fraction of sp³-hybridized carbons (Fsp3) is 0.278. The van der Waals surface area contributed by atoms with Crippen molar-refractivity contribution in [2.45, 2.75) is 18.9 Å². The number of carbonyl (C=O) groups excluding carboxylic acids is 1. The van der Waals surface area contributed by atoms with Crippen LogP contribution in [0.5, 0.6) is 5.75 Å². The van der Waals surface area contributed by atoms with Gasteiger partial charge in [0.15, 0.2) is 0 Å². The molecular weight excluding hydrogens is 312 g/mol. The smallest absolute Gasteiger partial charge is 0.228 e. The predicted molar refractivity (Wildman–Crippen MR) is 92.0 cm³/mol. The van der Waals surface area contributed by atoms with Crippen LogP contribution in [0.4, 0.5) is 5.69 Å².